The quantitative estimate of drug-likeness (QED) is 0.671. The first-order valence-electron chi connectivity index (χ1n) is 3.87. The molecule has 0 saturated carbocycles. The van der Waals surface area contributed by atoms with Crippen LogP contribution in [0.3, 0.4) is 0 Å². The van der Waals surface area contributed by atoms with E-state index >= 15 is 0 Å². The van der Waals surface area contributed by atoms with Crippen molar-refractivity contribution in [3.8, 4) is 0 Å². The standard InChI is InChI=1S/C9H10O3S/c1-2-7-3-5-8(6-4-7)9(10)13(11)12/h3-6H,2H2,1H3,(H,11,12)/p-1. The molecule has 0 aromatic heterocycles. The molecule has 1 atom stereocenters. The minimum atomic E-state index is -2.66. The number of carbonyl (C=O) groups is 1. The molecule has 0 aliphatic heterocycles. The molecule has 0 fully saturated rings. The van der Waals surface area contributed by atoms with Gasteiger partial charge in [0, 0.05) is 16.6 Å². The minimum Gasteiger partial charge on any atom is -0.766 e. The van der Waals surface area contributed by atoms with Crippen molar-refractivity contribution in [3.63, 3.8) is 0 Å². The zero-order valence-electron chi connectivity index (χ0n) is 7.15. The van der Waals surface area contributed by atoms with Gasteiger partial charge in [-0.2, -0.15) is 0 Å². The highest BCUT2D eigenvalue weighted by atomic mass is 32.2. The highest BCUT2D eigenvalue weighted by molar-refractivity contribution is 7.95. The van der Waals surface area contributed by atoms with E-state index in [0.29, 0.717) is 0 Å². The maximum atomic E-state index is 10.9. The zero-order chi connectivity index (χ0) is 9.84. The van der Waals surface area contributed by atoms with Gasteiger partial charge in [-0.3, -0.25) is 9.00 Å². The third-order valence-corrected chi connectivity index (χ3v) is 2.29. The van der Waals surface area contributed by atoms with Crippen LogP contribution in [0.1, 0.15) is 22.8 Å². The predicted octanol–water partition coefficient (Wildman–Crippen LogP) is 1.27. The summed E-state index contributed by atoms with van der Waals surface area (Å²) in [6.45, 7) is 1.99. The topological polar surface area (TPSA) is 57.2 Å². The van der Waals surface area contributed by atoms with Gasteiger partial charge in [0.25, 0.3) is 0 Å². The third-order valence-electron chi connectivity index (χ3n) is 1.75. The molecule has 0 aliphatic rings. The fourth-order valence-corrected chi connectivity index (χ4v) is 1.30. The average molecular weight is 197 g/mol. The van der Waals surface area contributed by atoms with E-state index in [1.54, 1.807) is 12.1 Å². The maximum absolute atomic E-state index is 10.9. The van der Waals surface area contributed by atoms with Crippen LogP contribution in [0.4, 0.5) is 0 Å². The van der Waals surface area contributed by atoms with Gasteiger partial charge >= 0.3 is 0 Å². The fourth-order valence-electron chi connectivity index (χ4n) is 0.973. The van der Waals surface area contributed by atoms with Crippen molar-refractivity contribution in [2.75, 3.05) is 0 Å². The van der Waals surface area contributed by atoms with E-state index in [2.05, 4.69) is 0 Å². The summed E-state index contributed by atoms with van der Waals surface area (Å²) in [5, 5.41) is -0.859. The lowest BCUT2D eigenvalue weighted by Crippen LogP contribution is -2.06. The Labute approximate surface area is 79.1 Å². The van der Waals surface area contributed by atoms with Gasteiger partial charge in [-0.1, -0.05) is 31.2 Å². The maximum Gasteiger partial charge on any atom is 0.236 e. The van der Waals surface area contributed by atoms with E-state index in [9.17, 15) is 13.6 Å². The van der Waals surface area contributed by atoms with Crippen molar-refractivity contribution < 1.29 is 13.6 Å². The Morgan fingerprint density at radius 2 is 1.92 bits per heavy atom. The molecule has 1 aromatic carbocycles. The van der Waals surface area contributed by atoms with Crippen molar-refractivity contribution in [1.29, 1.82) is 0 Å². The van der Waals surface area contributed by atoms with Gasteiger partial charge < -0.3 is 4.55 Å². The Hall–Kier alpha value is -1.00. The van der Waals surface area contributed by atoms with E-state index in [0.717, 1.165) is 12.0 Å². The smallest absolute Gasteiger partial charge is 0.236 e. The van der Waals surface area contributed by atoms with Gasteiger partial charge in [0.05, 0.1) is 0 Å². The molecule has 1 aromatic rings. The van der Waals surface area contributed by atoms with Crippen LogP contribution in [0.25, 0.3) is 0 Å². The Kier molecular flexibility index (Phi) is 3.33. The van der Waals surface area contributed by atoms with Crippen LogP contribution in [-0.4, -0.2) is 13.9 Å². The summed E-state index contributed by atoms with van der Waals surface area (Å²) in [5.41, 5.74) is 1.29. The molecule has 0 radical (unpaired) electrons. The Bertz CT molecular complexity index is 329. The number of aryl methyl sites for hydroxylation is 1. The first-order valence-corrected chi connectivity index (χ1v) is 4.95. The molecular weight excluding hydrogens is 188 g/mol. The lowest BCUT2D eigenvalue weighted by atomic mass is 10.1. The van der Waals surface area contributed by atoms with Crippen LogP contribution >= 0.6 is 0 Å². The molecule has 1 rings (SSSR count). The van der Waals surface area contributed by atoms with Crippen molar-refractivity contribution >= 4 is 16.2 Å². The van der Waals surface area contributed by atoms with Crippen molar-refractivity contribution in [1.82, 2.24) is 0 Å². The molecule has 0 aliphatic carbocycles. The number of benzene rings is 1. The molecule has 70 valence electrons. The van der Waals surface area contributed by atoms with Gasteiger partial charge in [0.15, 0.2) is 0 Å². The molecule has 0 bridgehead atoms. The Balaban J connectivity index is 2.92. The van der Waals surface area contributed by atoms with Crippen LogP contribution in [0.2, 0.25) is 0 Å². The summed E-state index contributed by atoms with van der Waals surface area (Å²) in [6, 6.07) is 6.55. The first kappa shape index (κ1) is 10.1. The SMILES string of the molecule is CCc1ccc(C(=O)S(=O)[O-])cc1. The second-order valence-electron chi connectivity index (χ2n) is 2.57. The number of carbonyl (C=O) groups excluding carboxylic acids is 1. The van der Waals surface area contributed by atoms with E-state index < -0.39 is 16.2 Å². The lowest BCUT2D eigenvalue weighted by molar-refractivity contribution is 0.107. The van der Waals surface area contributed by atoms with Crippen LogP contribution in [0.5, 0.6) is 0 Å². The summed E-state index contributed by atoms with van der Waals surface area (Å²) in [5.74, 6) is 0. The summed E-state index contributed by atoms with van der Waals surface area (Å²) in [4.78, 5) is 10.9. The van der Waals surface area contributed by atoms with Crippen molar-refractivity contribution in [2.24, 2.45) is 0 Å². The fraction of sp³-hybridized carbons (Fsp3) is 0.222. The van der Waals surface area contributed by atoms with E-state index in [-0.39, 0.29) is 5.56 Å². The summed E-state index contributed by atoms with van der Waals surface area (Å²) in [7, 11) is 0. The zero-order valence-corrected chi connectivity index (χ0v) is 7.97. The highest BCUT2D eigenvalue weighted by Crippen LogP contribution is 2.06. The van der Waals surface area contributed by atoms with E-state index in [1.807, 2.05) is 6.92 Å². The third kappa shape index (κ3) is 2.47. The summed E-state index contributed by atoms with van der Waals surface area (Å²) in [6.07, 6.45) is 0.870. The predicted molar refractivity (Wildman–Crippen MR) is 49.1 cm³/mol. The first-order chi connectivity index (χ1) is 6.15. The molecule has 1 unspecified atom stereocenters. The van der Waals surface area contributed by atoms with Gasteiger partial charge in [0.1, 0.15) is 0 Å². The van der Waals surface area contributed by atoms with Gasteiger partial charge in [-0.25, -0.2) is 0 Å². The molecule has 4 heteroatoms. The number of rotatable bonds is 2. The molecular formula is C9H9O3S-. The van der Waals surface area contributed by atoms with Gasteiger partial charge in [-0.05, 0) is 12.0 Å². The molecule has 0 spiro atoms. The lowest BCUT2D eigenvalue weighted by Gasteiger charge is -2.03. The normalized spacial score (nSPS) is 12.5. The van der Waals surface area contributed by atoms with Crippen molar-refractivity contribution in [3.05, 3.63) is 35.4 Å². The van der Waals surface area contributed by atoms with E-state index in [4.69, 9.17) is 0 Å². The largest absolute Gasteiger partial charge is 0.766 e. The van der Waals surface area contributed by atoms with E-state index in [1.165, 1.54) is 12.1 Å². The summed E-state index contributed by atoms with van der Waals surface area (Å²) < 4.78 is 20.6. The molecule has 0 amide bonds. The average Bonchev–Trinajstić information content (AvgIpc) is 2.17. The van der Waals surface area contributed by atoms with Crippen LogP contribution in [0, 0.1) is 0 Å². The van der Waals surface area contributed by atoms with Gasteiger partial charge in [0.2, 0.25) is 5.12 Å². The molecule has 3 nitrogen and oxygen atoms in total. The molecule has 13 heavy (non-hydrogen) atoms. The van der Waals surface area contributed by atoms with Crippen LogP contribution in [-0.2, 0) is 17.5 Å². The van der Waals surface area contributed by atoms with Crippen molar-refractivity contribution in [2.45, 2.75) is 13.3 Å². The number of hydrogen-bond donors (Lipinski definition) is 0. The van der Waals surface area contributed by atoms with Crippen LogP contribution in [0.15, 0.2) is 24.3 Å². The molecule has 0 N–H and O–H groups in total. The Morgan fingerprint density at radius 1 is 1.38 bits per heavy atom. The van der Waals surface area contributed by atoms with Gasteiger partial charge in [-0.15, -0.1) is 0 Å². The second-order valence-corrected chi connectivity index (χ2v) is 3.41. The Morgan fingerprint density at radius 3 is 2.31 bits per heavy atom. The second kappa shape index (κ2) is 4.30. The molecule has 0 saturated heterocycles. The minimum absolute atomic E-state index is 0.213. The number of hydrogen-bond acceptors (Lipinski definition) is 3. The highest BCUT2D eigenvalue weighted by Gasteiger charge is 2.04. The monoisotopic (exact) mass is 197 g/mol. The molecule has 0 heterocycles. The van der Waals surface area contributed by atoms with Crippen LogP contribution < -0.4 is 0 Å². The summed E-state index contributed by atoms with van der Waals surface area (Å²) >= 11 is -2.66.